The van der Waals surface area contributed by atoms with E-state index in [1.54, 1.807) is 6.20 Å². The summed E-state index contributed by atoms with van der Waals surface area (Å²) < 4.78 is 0.704. The SMILES string of the molecule is Clc1ccc(CSc2ncc(Br)c(Cl)n2)cc1. The molecule has 2 rings (SSSR count). The Morgan fingerprint density at radius 2 is 1.88 bits per heavy atom. The first-order valence-electron chi connectivity index (χ1n) is 4.70. The molecule has 17 heavy (non-hydrogen) atoms. The van der Waals surface area contributed by atoms with Crippen molar-refractivity contribution in [2.24, 2.45) is 0 Å². The van der Waals surface area contributed by atoms with Crippen LogP contribution in [0.25, 0.3) is 0 Å². The second-order valence-corrected chi connectivity index (χ2v) is 5.80. The standard InChI is InChI=1S/C11H7BrCl2N2S/c12-9-5-15-11(16-10(9)14)17-6-7-1-3-8(13)4-2-7/h1-5H,6H2. The highest BCUT2D eigenvalue weighted by molar-refractivity contribution is 9.10. The molecule has 88 valence electrons. The first-order valence-corrected chi connectivity index (χ1v) is 7.24. The molecule has 2 aromatic rings. The zero-order valence-electron chi connectivity index (χ0n) is 8.53. The van der Waals surface area contributed by atoms with Crippen LogP contribution in [0, 0.1) is 0 Å². The summed E-state index contributed by atoms with van der Waals surface area (Å²) in [5.74, 6) is 0.787. The number of rotatable bonds is 3. The molecule has 0 amide bonds. The van der Waals surface area contributed by atoms with Gasteiger partial charge in [-0.15, -0.1) is 0 Å². The van der Waals surface area contributed by atoms with Crippen LogP contribution in [0.15, 0.2) is 40.1 Å². The minimum absolute atomic E-state index is 0.429. The third-order valence-electron chi connectivity index (χ3n) is 1.96. The molecule has 1 aromatic heterocycles. The first-order chi connectivity index (χ1) is 8.15. The summed E-state index contributed by atoms with van der Waals surface area (Å²) >= 11 is 16.5. The van der Waals surface area contributed by atoms with Crippen LogP contribution >= 0.6 is 50.9 Å². The van der Waals surface area contributed by atoms with Crippen LogP contribution in [0.2, 0.25) is 10.2 Å². The van der Waals surface area contributed by atoms with Crippen molar-refractivity contribution in [3.05, 3.63) is 50.7 Å². The van der Waals surface area contributed by atoms with Gasteiger partial charge in [0.05, 0.1) is 4.47 Å². The molecule has 1 heterocycles. The Morgan fingerprint density at radius 3 is 2.53 bits per heavy atom. The van der Waals surface area contributed by atoms with Crippen molar-refractivity contribution in [1.82, 2.24) is 9.97 Å². The van der Waals surface area contributed by atoms with Crippen molar-refractivity contribution in [2.75, 3.05) is 0 Å². The van der Waals surface area contributed by atoms with Crippen molar-refractivity contribution in [1.29, 1.82) is 0 Å². The molecule has 0 saturated carbocycles. The Morgan fingerprint density at radius 1 is 1.18 bits per heavy atom. The zero-order chi connectivity index (χ0) is 12.3. The van der Waals surface area contributed by atoms with Gasteiger partial charge in [-0.1, -0.05) is 47.1 Å². The molecule has 2 nitrogen and oxygen atoms in total. The van der Waals surface area contributed by atoms with E-state index >= 15 is 0 Å². The zero-order valence-corrected chi connectivity index (χ0v) is 12.4. The van der Waals surface area contributed by atoms with Gasteiger partial charge in [-0.05, 0) is 33.6 Å². The topological polar surface area (TPSA) is 25.8 Å². The average Bonchev–Trinajstić information content (AvgIpc) is 2.33. The second-order valence-electron chi connectivity index (χ2n) is 3.21. The number of hydrogen-bond donors (Lipinski definition) is 0. The van der Waals surface area contributed by atoms with E-state index in [-0.39, 0.29) is 0 Å². The highest BCUT2D eigenvalue weighted by Crippen LogP contribution is 2.24. The van der Waals surface area contributed by atoms with Gasteiger partial charge in [-0.3, -0.25) is 0 Å². The van der Waals surface area contributed by atoms with Crippen molar-refractivity contribution < 1.29 is 0 Å². The molecular formula is C11H7BrCl2N2S. The van der Waals surface area contributed by atoms with Crippen LogP contribution in [-0.4, -0.2) is 9.97 Å². The van der Waals surface area contributed by atoms with Crippen LogP contribution in [0.5, 0.6) is 0 Å². The molecule has 0 fully saturated rings. The van der Waals surface area contributed by atoms with E-state index in [4.69, 9.17) is 23.2 Å². The van der Waals surface area contributed by atoms with Gasteiger partial charge >= 0.3 is 0 Å². The normalized spacial score (nSPS) is 10.5. The number of nitrogens with zero attached hydrogens (tertiary/aromatic N) is 2. The third-order valence-corrected chi connectivity index (χ3v) is 4.24. The molecule has 0 unspecified atom stereocenters. The quantitative estimate of drug-likeness (QED) is 0.450. The molecule has 0 spiro atoms. The molecule has 1 aromatic carbocycles. The Kier molecular flexibility index (Phi) is 4.68. The number of thioether (sulfide) groups is 1. The Bertz CT molecular complexity index is 519. The molecule has 0 atom stereocenters. The van der Waals surface area contributed by atoms with E-state index in [1.165, 1.54) is 17.3 Å². The molecule has 6 heteroatoms. The van der Waals surface area contributed by atoms with E-state index in [2.05, 4.69) is 25.9 Å². The maximum atomic E-state index is 5.89. The minimum atomic E-state index is 0.429. The van der Waals surface area contributed by atoms with E-state index in [1.807, 2.05) is 24.3 Å². The van der Waals surface area contributed by atoms with Gasteiger partial charge in [0, 0.05) is 17.0 Å². The lowest BCUT2D eigenvalue weighted by Gasteiger charge is -2.02. The largest absolute Gasteiger partial charge is 0.230 e. The van der Waals surface area contributed by atoms with Gasteiger partial charge in [0.15, 0.2) is 5.16 Å². The number of hydrogen-bond acceptors (Lipinski definition) is 3. The van der Waals surface area contributed by atoms with Crippen LogP contribution in [0.1, 0.15) is 5.56 Å². The van der Waals surface area contributed by atoms with Crippen molar-refractivity contribution in [3.8, 4) is 0 Å². The van der Waals surface area contributed by atoms with Gasteiger partial charge < -0.3 is 0 Å². The summed E-state index contributed by atoms with van der Waals surface area (Å²) in [6.07, 6.45) is 1.65. The average molecular weight is 350 g/mol. The number of benzene rings is 1. The summed E-state index contributed by atoms with van der Waals surface area (Å²) in [5, 5.41) is 1.83. The lowest BCUT2D eigenvalue weighted by molar-refractivity contribution is 0.958. The smallest absolute Gasteiger partial charge is 0.189 e. The summed E-state index contributed by atoms with van der Waals surface area (Å²) in [7, 11) is 0. The van der Waals surface area contributed by atoms with Crippen molar-refractivity contribution in [2.45, 2.75) is 10.9 Å². The minimum Gasteiger partial charge on any atom is -0.230 e. The number of aromatic nitrogens is 2. The molecule has 0 aliphatic rings. The van der Waals surface area contributed by atoms with Crippen LogP contribution < -0.4 is 0 Å². The second kappa shape index (κ2) is 6.05. The predicted octanol–water partition coefficient (Wildman–Crippen LogP) is 4.84. The van der Waals surface area contributed by atoms with Crippen LogP contribution in [-0.2, 0) is 5.75 Å². The molecule has 0 N–H and O–H groups in total. The Labute approximate surface area is 122 Å². The lowest BCUT2D eigenvalue weighted by atomic mass is 10.2. The summed E-state index contributed by atoms with van der Waals surface area (Å²) in [4.78, 5) is 8.32. The summed E-state index contributed by atoms with van der Waals surface area (Å²) in [6, 6.07) is 7.70. The third kappa shape index (κ3) is 3.85. The van der Waals surface area contributed by atoms with Crippen molar-refractivity contribution >= 4 is 50.9 Å². The molecule has 0 aliphatic heterocycles. The maximum Gasteiger partial charge on any atom is 0.189 e. The Hall–Kier alpha value is -0.290. The highest BCUT2D eigenvalue weighted by atomic mass is 79.9. The molecule has 0 radical (unpaired) electrons. The molecule has 0 saturated heterocycles. The molecule has 0 aliphatic carbocycles. The fraction of sp³-hybridized carbons (Fsp3) is 0.0909. The van der Waals surface area contributed by atoms with Crippen LogP contribution in [0.3, 0.4) is 0 Å². The molecular weight excluding hydrogens is 343 g/mol. The molecule has 0 bridgehead atoms. The number of halogens is 3. The van der Waals surface area contributed by atoms with Gasteiger partial charge in [0.2, 0.25) is 0 Å². The van der Waals surface area contributed by atoms with E-state index in [0.717, 1.165) is 10.8 Å². The monoisotopic (exact) mass is 348 g/mol. The van der Waals surface area contributed by atoms with E-state index in [9.17, 15) is 0 Å². The fourth-order valence-electron chi connectivity index (χ4n) is 1.13. The van der Waals surface area contributed by atoms with Gasteiger partial charge in [-0.2, -0.15) is 0 Å². The summed E-state index contributed by atoms with van der Waals surface area (Å²) in [5.41, 5.74) is 1.17. The van der Waals surface area contributed by atoms with Gasteiger partial charge in [0.1, 0.15) is 5.15 Å². The lowest BCUT2D eigenvalue weighted by Crippen LogP contribution is -1.88. The fourth-order valence-corrected chi connectivity index (χ4v) is 2.40. The van der Waals surface area contributed by atoms with E-state index in [0.29, 0.717) is 14.8 Å². The Balaban J connectivity index is 2.02. The van der Waals surface area contributed by atoms with Gasteiger partial charge in [0.25, 0.3) is 0 Å². The maximum absolute atomic E-state index is 5.89. The summed E-state index contributed by atoms with van der Waals surface area (Å²) in [6.45, 7) is 0. The highest BCUT2D eigenvalue weighted by Gasteiger charge is 2.03. The van der Waals surface area contributed by atoms with Crippen molar-refractivity contribution in [3.63, 3.8) is 0 Å². The first kappa shape index (κ1) is 13.1. The predicted molar refractivity (Wildman–Crippen MR) is 75.8 cm³/mol. The van der Waals surface area contributed by atoms with Crippen LogP contribution in [0.4, 0.5) is 0 Å². The van der Waals surface area contributed by atoms with Gasteiger partial charge in [-0.25, -0.2) is 9.97 Å². The van der Waals surface area contributed by atoms with E-state index < -0.39 is 0 Å².